The molecule has 0 unspecified atom stereocenters. The van der Waals surface area contributed by atoms with Gasteiger partial charge in [0, 0.05) is 22.4 Å². The predicted octanol–water partition coefficient (Wildman–Crippen LogP) is 4.31. The van der Waals surface area contributed by atoms with Crippen molar-refractivity contribution in [2.75, 3.05) is 0 Å². The van der Waals surface area contributed by atoms with Crippen LogP contribution in [0.4, 0.5) is 0 Å². The maximum absolute atomic E-state index is 2.89. The van der Waals surface area contributed by atoms with Crippen LogP contribution >= 0.6 is 0 Å². The van der Waals surface area contributed by atoms with Crippen LogP contribution in [0.3, 0.4) is 0 Å². The minimum absolute atomic E-state index is 0. The molecule has 0 aliphatic carbocycles. The molecule has 2 heteroatoms. The summed E-state index contributed by atoms with van der Waals surface area (Å²) in [5.41, 5.74) is 2.49. The van der Waals surface area contributed by atoms with E-state index in [4.69, 9.17) is 0 Å². The Balaban J connectivity index is 0.000000218. The number of benzene rings is 4. The van der Waals surface area contributed by atoms with Gasteiger partial charge in [-0.2, -0.15) is 72.8 Å². The Hall–Kier alpha value is -2.31. The van der Waals surface area contributed by atoms with Crippen molar-refractivity contribution < 1.29 is 22.4 Å². The van der Waals surface area contributed by atoms with Gasteiger partial charge in [0.2, 0.25) is 0 Å². The molecular formula is C24H20AgB-2. The van der Waals surface area contributed by atoms with Crippen molar-refractivity contribution in [2.24, 2.45) is 0 Å². The third-order valence-corrected chi connectivity index (χ3v) is 3.15. The molecule has 0 spiro atoms. The summed E-state index contributed by atoms with van der Waals surface area (Å²) in [6.07, 6.45) is 0. The molecule has 0 aliphatic heterocycles. The molecule has 0 heterocycles. The zero-order valence-electron chi connectivity index (χ0n) is 14.4. The molecule has 0 bridgehead atoms. The van der Waals surface area contributed by atoms with Crippen LogP contribution in [0.1, 0.15) is 0 Å². The fourth-order valence-corrected chi connectivity index (χ4v) is 1.97. The van der Waals surface area contributed by atoms with Crippen LogP contribution in [0.25, 0.3) is 0 Å². The molecule has 4 aromatic rings. The van der Waals surface area contributed by atoms with E-state index < -0.39 is 0 Å². The number of rotatable bonds is 2. The Labute approximate surface area is 173 Å². The van der Waals surface area contributed by atoms with E-state index in [1.54, 1.807) is 0 Å². The maximum atomic E-state index is 2.89. The van der Waals surface area contributed by atoms with Crippen molar-refractivity contribution >= 4 is 18.2 Å². The van der Waals surface area contributed by atoms with Crippen molar-refractivity contribution in [3.63, 3.8) is 0 Å². The minimum atomic E-state index is 0. The average molecular weight is 427 g/mol. The van der Waals surface area contributed by atoms with Crippen molar-refractivity contribution in [3.05, 3.63) is 133 Å². The number of hydrogen-bond donors (Lipinski definition) is 0. The van der Waals surface area contributed by atoms with E-state index in [0.717, 1.165) is 0 Å². The van der Waals surface area contributed by atoms with Gasteiger partial charge in [0.1, 0.15) is 0 Å². The first kappa shape index (κ1) is 21.7. The van der Waals surface area contributed by atoms with E-state index in [-0.39, 0.29) is 22.4 Å². The molecule has 4 rings (SSSR count). The predicted molar refractivity (Wildman–Crippen MR) is 108 cm³/mol. The molecule has 26 heavy (non-hydrogen) atoms. The van der Waals surface area contributed by atoms with Crippen LogP contribution in [0.15, 0.2) is 121 Å². The third kappa shape index (κ3) is 10.5. The molecule has 0 fully saturated rings. The van der Waals surface area contributed by atoms with E-state index in [1.807, 2.05) is 72.8 Å². The van der Waals surface area contributed by atoms with Crippen molar-refractivity contribution in [1.82, 2.24) is 0 Å². The fourth-order valence-electron chi connectivity index (χ4n) is 1.97. The number of hydrogen-bond acceptors (Lipinski definition) is 0. The summed E-state index contributed by atoms with van der Waals surface area (Å²) in [5, 5.41) is 0. The third-order valence-electron chi connectivity index (χ3n) is 3.15. The van der Waals surface area contributed by atoms with Crippen LogP contribution in [0, 0.1) is 12.1 Å². The van der Waals surface area contributed by atoms with Gasteiger partial charge in [0.15, 0.2) is 7.28 Å². The fraction of sp³-hybridized carbons (Fsp3) is 0. The molecule has 4 aromatic carbocycles. The van der Waals surface area contributed by atoms with Crippen molar-refractivity contribution in [3.8, 4) is 0 Å². The molecule has 0 atom stereocenters. The summed E-state index contributed by atoms with van der Waals surface area (Å²) in [4.78, 5) is 0. The molecule has 0 saturated carbocycles. The normalized spacial score (nSPS) is 8.46. The molecular weight excluding hydrogens is 407 g/mol. The SMILES string of the molecule is [Ag].[B](c1ccccc1)c1ccccc1.[c-]1ccccc1.[c-]1ccccc1. The van der Waals surface area contributed by atoms with Gasteiger partial charge in [-0.1, -0.05) is 71.6 Å². The summed E-state index contributed by atoms with van der Waals surface area (Å²) in [7, 11) is 2.17. The zero-order valence-corrected chi connectivity index (χ0v) is 15.9. The van der Waals surface area contributed by atoms with Gasteiger partial charge in [-0.05, 0) is 0 Å². The molecule has 0 saturated heterocycles. The molecule has 0 nitrogen and oxygen atoms in total. The molecule has 0 amide bonds. The van der Waals surface area contributed by atoms with E-state index in [0.29, 0.717) is 0 Å². The summed E-state index contributed by atoms with van der Waals surface area (Å²) < 4.78 is 0. The smallest absolute Gasteiger partial charge is 0.184 e. The second-order valence-corrected chi connectivity index (χ2v) is 5.12. The minimum Gasteiger partial charge on any atom is -0.184 e. The van der Waals surface area contributed by atoms with Gasteiger partial charge >= 0.3 is 0 Å². The largest absolute Gasteiger partial charge is 0.191 e. The van der Waals surface area contributed by atoms with E-state index in [1.165, 1.54) is 10.9 Å². The monoisotopic (exact) mass is 426 g/mol. The summed E-state index contributed by atoms with van der Waals surface area (Å²) in [5.74, 6) is 0. The second kappa shape index (κ2) is 15.0. The Kier molecular flexibility index (Phi) is 12.5. The molecule has 2 radical (unpaired) electrons. The Morgan fingerprint density at radius 1 is 0.423 bits per heavy atom. The first-order valence-electron chi connectivity index (χ1n) is 8.22. The second-order valence-electron chi connectivity index (χ2n) is 5.12. The van der Waals surface area contributed by atoms with Gasteiger partial charge in [-0.25, -0.2) is 0 Å². The van der Waals surface area contributed by atoms with Crippen molar-refractivity contribution in [2.45, 2.75) is 0 Å². The van der Waals surface area contributed by atoms with Crippen LogP contribution in [-0.2, 0) is 22.4 Å². The summed E-state index contributed by atoms with van der Waals surface area (Å²) in [6.45, 7) is 0. The average Bonchev–Trinajstić information content (AvgIpc) is 2.73. The topological polar surface area (TPSA) is 0 Å². The first-order valence-corrected chi connectivity index (χ1v) is 8.22. The van der Waals surface area contributed by atoms with Gasteiger partial charge < -0.3 is 0 Å². The maximum Gasteiger partial charge on any atom is 0.191 e. The van der Waals surface area contributed by atoms with Crippen molar-refractivity contribution in [1.29, 1.82) is 0 Å². The van der Waals surface area contributed by atoms with Gasteiger partial charge in [-0.15, -0.1) is 0 Å². The van der Waals surface area contributed by atoms with Crippen LogP contribution < -0.4 is 10.9 Å². The Morgan fingerprint density at radius 2 is 0.731 bits per heavy atom. The van der Waals surface area contributed by atoms with Gasteiger partial charge in [0.25, 0.3) is 0 Å². The Bertz CT molecular complexity index is 637. The van der Waals surface area contributed by atoms with Gasteiger partial charge in [0.05, 0.1) is 0 Å². The standard InChI is InChI=1S/C12H10B.2C6H5.Ag/c1-3-7-11(8-4-1)13-12-9-5-2-6-10-12;2*1-2-4-6-5-3-1;/h1-10H;2*1-5H;/q;2*-1;. The molecule has 0 aromatic heterocycles. The van der Waals surface area contributed by atoms with Gasteiger partial charge in [-0.3, -0.25) is 0 Å². The first-order chi connectivity index (χ1) is 12.4. The van der Waals surface area contributed by atoms with Crippen LogP contribution in [-0.4, -0.2) is 7.28 Å². The molecule has 0 N–H and O–H groups in total. The van der Waals surface area contributed by atoms with E-state index in [2.05, 4.69) is 67.9 Å². The van der Waals surface area contributed by atoms with E-state index in [9.17, 15) is 0 Å². The summed E-state index contributed by atoms with van der Waals surface area (Å²) in [6, 6.07) is 45.7. The Morgan fingerprint density at radius 3 is 0.962 bits per heavy atom. The summed E-state index contributed by atoms with van der Waals surface area (Å²) >= 11 is 0. The van der Waals surface area contributed by atoms with Crippen LogP contribution in [0.2, 0.25) is 0 Å². The van der Waals surface area contributed by atoms with Crippen LogP contribution in [0.5, 0.6) is 0 Å². The zero-order chi connectivity index (χ0) is 17.4. The van der Waals surface area contributed by atoms with E-state index >= 15 is 0 Å². The molecule has 0 aliphatic rings. The quantitative estimate of drug-likeness (QED) is 0.331. The molecule has 132 valence electrons.